The maximum atomic E-state index is 11.4. The van der Waals surface area contributed by atoms with E-state index in [1.54, 1.807) is 24.5 Å². The molecule has 0 spiro atoms. The van der Waals surface area contributed by atoms with Crippen molar-refractivity contribution in [3.8, 4) is 5.69 Å². The van der Waals surface area contributed by atoms with Gasteiger partial charge in [0.1, 0.15) is 16.4 Å². The average Bonchev–Trinajstić information content (AvgIpc) is 2.67. The number of para-hydroxylation sites is 1. The number of anilines is 1. The van der Waals surface area contributed by atoms with Crippen LogP contribution in [0.2, 0.25) is 5.02 Å². The fraction of sp³-hybridized carbons (Fsp3) is 0.0909. The number of aromatic nitrogens is 2. The van der Waals surface area contributed by atoms with E-state index in [1.807, 2.05) is 6.07 Å². The van der Waals surface area contributed by atoms with Gasteiger partial charge in [-0.1, -0.05) is 23.7 Å². The summed E-state index contributed by atoms with van der Waals surface area (Å²) < 4.78 is 1.42. The van der Waals surface area contributed by atoms with E-state index in [0.29, 0.717) is 15.7 Å². The van der Waals surface area contributed by atoms with Crippen molar-refractivity contribution in [1.29, 1.82) is 0 Å². The van der Waals surface area contributed by atoms with Crippen LogP contribution < -0.4 is 11.5 Å². The lowest BCUT2D eigenvalue weighted by Gasteiger charge is -2.05. The van der Waals surface area contributed by atoms with Gasteiger partial charge in [0.25, 0.3) is 5.91 Å². The zero-order valence-corrected chi connectivity index (χ0v) is 11.1. The average molecular weight is 283 g/mol. The lowest BCUT2D eigenvalue weighted by atomic mass is 10.3. The number of rotatable bonds is 3. The van der Waals surface area contributed by atoms with Crippen LogP contribution in [0, 0.1) is 0 Å². The van der Waals surface area contributed by atoms with Crippen LogP contribution in [0.4, 0.5) is 5.82 Å². The zero-order chi connectivity index (χ0) is 13.3. The zero-order valence-electron chi connectivity index (χ0n) is 9.55. The first kappa shape index (κ1) is 12.8. The van der Waals surface area contributed by atoms with Gasteiger partial charge in [-0.3, -0.25) is 4.79 Å². The second-order valence-corrected chi connectivity index (χ2v) is 4.70. The van der Waals surface area contributed by atoms with Crippen molar-refractivity contribution in [3.05, 3.63) is 34.9 Å². The molecule has 7 heteroatoms. The highest BCUT2D eigenvalue weighted by atomic mass is 35.5. The Kier molecular flexibility index (Phi) is 3.49. The van der Waals surface area contributed by atoms with Crippen molar-refractivity contribution < 1.29 is 4.79 Å². The Morgan fingerprint density at radius 3 is 2.61 bits per heavy atom. The molecule has 5 nitrogen and oxygen atoms in total. The SMILES string of the molecule is CSc1nn(-c2ccccc2Cl)c(N)c1C(N)=O. The van der Waals surface area contributed by atoms with Crippen molar-refractivity contribution in [2.75, 3.05) is 12.0 Å². The number of thioether (sulfide) groups is 1. The molecule has 0 aliphatic rings. The third-order valence-corrected chi connectivity index (χ3v) is 3.40. The van der Waals surface area contributed by atoms with Crippen molar-refractivity contribution in [3.63, 3.8) is 0 Å². The van der Waals surface area contributed by atoms with E-state index >= 15 is 0 Å². The Labute approximate surface area is 113 Å². The molecule has 2 rings (SSSR count). The van der Waals surface area contributed by atoms with Crippen LogP contribution in [0.3, 0.4) is 0 Å². The minimum absolute atomic E-state index is 0.194. The van der Waals surface area contributed by atoms with Crippen LogP contribution in [0.5, 0.6) is 0 Å². The maximum Gasteiger partial charge on any atom is 0.255 e. The third kappa shape index (κ3) is 2.04. The standard InChI is InChI=1S/C11H11ClN4OS/c1-18-11-8(10(14)17)9(13)16(15-11)7-5-3-2-4-6(7)12/h2-5H,13H2,1H3,(H2,14,17). The molecule has 18 heavy (non-hydrogen) atoms. The summed E-state index contributed by atoms with van der Waals surface area (Å²) in [6.45, 7) is 0. The van der Waals surface area contributed by atoms with E-state index < -0.39 is 5.91 Å². The maximum absolute atomic E-state index is 11.4. The first-order valence-electron chi connectivity index (χ1n) is 5.03. The van der Waals surface area contributed by atoms with Gasteiger partial charge in [0.15, 0.2) is 0 Å². The fourth-order valence-electron chi connectivity index (χ4n) is 1.59. The number of hydrogen-bond acceptors (Lipinski definition) is 4. The van der Waals surface area contributed by atoms with Gasteiger partial charge in [0, 0.05) is 0 Å². The molecule has 0 bridgehead atoms. The smallest absolute Gasteiger partial charge is 0.255 e. The van der Waals surface area contributed by atoms with Crippen molar-refractivity contribution in [2.45, 2.75) is 5.03 Å². The Balaban J connectivity index is 2.67. The quantitative estimate of drug-likeness (QED) is 0.842. The largest absolute Gasteiger partial charge is 0.383 e. The molecule has 0 aliphatic heterocycles. The Morgan fingerprint density at radius 2 is 2.11 bits per heavy atom. The Hall–Kier alpha value is -1.66. The van der Waals surface area contributed by atoms with Crippen LogP contribution in [0.1, 0.15) is 10.4 Å². The van der Waals surface area contributed by atoms with E-state index in [1.165, 1.54) is 16.4 Å². The van der Waals surface area contributed by atoms with Gasteiger partial charge in [-0.25, -0.2) is 4.68 Å². The van der Waals surface area contributed by atoms with Crippen LogP contribution >= 0.6 is 23.4 Å². The number of amides is 1. The van der Waals surface area contributed by atoms with Gasteiger partial charge in [-0.15, -0.1) is 11.8 Å². The summed E-state index contributed by atoms with van der Waals surface area (Å²) in [5, 5.41) is 5.23. The number of nitrogen functional groups attached to an aromatic ring is 1. The number of hydrogen-bond donors (Lipinski definition) is 2. The van der Waals surface area contributed by atoms with Crippen LogP contribution in [-0.2, 0) is 0 Å². The van der Waals surface area contributed by atoms with Crippen LogP contribution in [0.25, 0.3) is 5.69 Å². The molecule has 0 radical (unpaired) electrons. The summed E-state index contributed by atoms with van der Waals surface area (Å²) in [4.78, 5) is 11.4. The Bertz CT molecular complexity index is 611. The number of primary amides is 1. The highest BCUT2D eigenvalue weighted by molar-refractivity contribution is 7.98. The first-order chi connectivity index (χ1) is 8.56. The number of carbonyl (C=O) groups excluding carboxylic acids is 1. The predicted molar refractivity (Wildman–Crippen MR) is 73.3 cm³/mol. The second kappa shape index (κ2) is 4.91. The predicted octanol–water partition coefficient (Wildman–Crippen LogP) is 1.93. The van der Waals surface area contributed by atoms with Crippen LogP contribution in [-0.4, -0.2) is 21.9 Å². The summed E-state index contributed by atoms with van der Waals surface area (Å²) in [6.07, 6.45) is 1.80. The first-order valence-corrected chi connectivity index (χ1v) is 6.63. The van der Waals surface area contributed by atoms with Crippen molar-refractivity contribution >= 4 is 35.1 Å². The summed E-state index contributed by atoms with van der Waals surface area (Å²) in [7, 11) is 0. The normalized spacial score (nSPS) is 10.6. The van der Waals surface area contributed by atoms with E-state index in [0.717, 1.165) is 0 Å². The molecule has 1 aromatic heterocycles. The van der Waals surface area contributed by atoms with Gasteiger partial charge in [0.2, 0.25) is 0 Å². The molecule has 4 N–H and O–H groups in total. The minimum Gasteiger partial charge on any atom is -0.383 e. The number of nitrogens with two attached hydrogens (primary N) is 2. The van der Waals surface area contributed by atoms with Gasteiger partial charge in [-0.2, -0.15) is 5.10 Å². The van der Waals surface area contributed by atoms with Gasteiger partial charge < -0.3 is 11.5 Å². The molecule has 2 aromatic rings. The second-order valence-electron chi connectivity index (χ2n) is 3.50. The summed E-state index contributed by atoms with van der Waals surface area (Å²) in [5.74, 6) is -0.407. The number of carbonyl (C=O) groups is 1. The number of benzene rings is 1. The molecule has 0 aliphatic carbocycles. The molecule has 0 unspecified atom stereocenters. The van der Waals surface area contributed by atoms with Gasteiger partial charge in [0.05, 0.1) is 10.7 Å². The molecular weight excluding hydrogens is 272 g/mol. The summed E-state index contributed by atoms with van der Waals surface area (Å²) in [6, 6.07) is 7.10. The Morgan fingerprint density at radius 1 is 1.44 bits per heavy atom. The van der Waals surface area contributed by atoms with Crippen molar-refractivity contribution in [1.82, 2.24) is 9.78 Å². The highest BCUT2D eigenvalue weighted by Gasteiger charge is 2.21. The molecule has 0 saturated heterocycles. The molecule has 1 aromatic carbocycles. The molecule has 0 fully saturated rings. The molecular formula is C11H11ClN4OS. The van der Waals surface area contributed by atoms with E-state index in [4.69, 9.17) is 23.1 Å². The van der Waals surface area contributed by atoms with E-state index in [9.17, 15) is 4.79 Å². The van der Waals surface area contributed by atoms with Crippen molar-refractivity contribution in [2.24, 2.45) is 5.73 Å². The fourth-order valence-corrected chi connectivity index (χ4v) is 2.38. The lowest BCUT2D eigenvalue weighted by molar-refractivity contribution is 0.0998. The number of nitrogens with zero attached hydrogens (tertiary/aromatic N) is 2. The highest BCUT2D eigenvalue weighted by Crippen LogP contribution is 2.29. The van der Waals surface area contributed by atoms with Gasteiger partial charge >= 0.3 is 0 Å². The van der Waals surface area contributed by atoms with Gasteiger partial charge in [-0.05, 0) is 18.4 Å². The topological polar surface area (TPSA) is 86.9 Å². The van der Waals surface area contributed by atoms with E-state index in [2.05, 4.69) is 5.10 Å². The lowest BCUT2D eigenvalue weighted by Crippen LogP contribution is -2.14. The van der Waals surface area contributed by atoms with E-state index in [-0.39, 0.29) is 11.4 Å². The molecule has 0 atom stereocenters. The minimum atomic E-state index is -0.602. The summed E-state index contributed by atoms with van der Waals surface area (Å²) >= 11 is 7.38. The molecule has 94 valence electrons. The van der Waals surface area contributed by atoms with Crippen LogP contribution in [0.15, 0.2) is 29.3 Å². The number of halogens is 1. The third-order valence-electron chi connectivity index (χ3n) is 2.41. The molecule has 1 heterocycles. The molecule has 0 saturated carbocycles. The monoisotopic (exact) mass is 282 g/mol. The molecule has 1 amide bonds. The summed E-state index contributed by atoms with van der Waals surface area (Å²) in [5.41, 5.74) is 12.0.